The van der Waals surface area contributed by atoms with E-state index < -0.39 is 18.5 Å². The summed E-state index contributed by atoms with van der Waals surface area (Å²) < 4.78 is 28.8. The van der Waals surface area contributed by atoms with Crippen molar-refractivity contribution in [3.05, 3.63) is 89.2 Å². The Bertz CT molecular complexity index is 1460. The van der Waals surface area contributed by atoms with Crippen LogP contribution >= 0.6 is 0 Å². The maximum Gasteiger partial charge on any atom is 0.217 e. The van der Waals surface area contributed by atoms with Crippen LogP contribution in [0.2, 0.25) is 0 Å². The smallest absolute Gasteiger partial charge is 0.217 e. The van der Waals surface area contributed by atoms with Gasteiger partial charge in [0.05, 0.1) is 0 Å². The van der Waals surface area contributed by atoms with Crippen LogP contribution in [0.4, 0.5) is 0 Å². The monoisotopic (exact) mass is 605 g/mol. The van der Waals surface area contributed by atoms with E-state index in [2.05, 4.69) is 21.0 Å². The number of rotatable bonds is 3. The molecule has 1 N–H and O–H groups in total. The molecule has 0 bridgehead atoms. The number of nitrogens with zero attached hydrogens (tertiary/aromatic N) is 3. The number of hydrogen-bond donors (Lipinski definition) is 1. The van der Waals surface area contributed by atoms with Gasteiger partial charge < -0.3 is 19.6 Å². The number of benzene rings is 2. The Kier molecular flexibility index (Phi) is 4.60. The van der Waals surface area contributed by atoms with E-state index in [0.29, 0.717) is 28.4 Å². The van der Waals surface area contributed by atoms with Crippen molar-refractivity contribution >= 4 is 16.8 Å². The molecule has 0 unspecified atom stereocenters. The molecule has 0 fully saturated rings. The van der Waals surface area contributed by atoms with Crippen LogP contribution in [0, 0.1) is 13.0 Å². The molecule has 4 aromatic rings. The van der Waals surface area contributed by atoms with E-state index in [-0.39, 0.29) is 32.7 Å². The molecule has 0 saturated heterocycles. The van der Waals surface area contributed by atoms with E-state index in [1.54, 1.807) is 30.5 Å². The second-order valence-corrected chi connectivity index (χ2v) is 7.54. The van der Waals surface area contributed by atoms with Crippen molar-refractivity contribution in [3.63, 3.8) is 0 Å². The van der Waals surface area contributed by atoms with Gasteiger partial charge in [0.2, 0.25) is 5.88 Å². The van der Waals surface area contributed by atoms with Gasteiger partial charge in [-0.1, -0.05) is 30.3 Å². The zero-order valence-corrected chi connectivity index (χ0v) is 19.1. The molecular weight excluding hydrogens is 585 g/mol. The van der Waals surface area contributed by atoms with Crippen molar-refractivity contribution in [2.45, 2.75) is 25.4 Å². The molecule has 6 rings (SSSR count). The summed E-state index contributed by atoms with van der Waals surface area (Å²) in [6.07, 6.45) is -0.861. The first-order valence-corrected chi connectivity index (χ1v) is 9.91. The SMILES string of the molecule is [2H]C1([2H])c2ccccc2[C@@H]2N=C(c3[c-]c(Oc4ccc5cc(C)cc(O)c5n4)ccn3)O[C@@H]21.[Pt]. The van der Waals surface area contributed by atoms with Crippen LogP contribution in [-0.4, -0.2) is 27.1 Å². The Morgan fingerprint density at radius 2 is 2.06 bits per heavy atom. The summed E-state index contributed by atoms with van der Waals surface area (Å²) in [5.41, 5.74) is 3.15. The summed E-state index contributed by atoms with van der Waals surface area (Å²) in [5, 5.41) is 11.0. The molecule has 2 aromatic carbocycles. The number of aryl methyl sites for hydroxylation is 1. The molecule has 1 aliphatic heterocycles. The molecule has 6 nitrogen and oxygen atoms in total. The Balaban J connectivity index is 0.00000241. The average molecular weight is 606 g/mol. The van der Waals surface area contributed by atoms with E-state index in [1.165, 1.54) is 0 Å². The Hall–Kier alpha value is -3.24. The van der Waals surface area contributed by atoms with Crippen LogP contribution in [0.1, 0.15) is 31.2 Å². The van der Waals surface area contributed by atoms with Crippen LogP contribution in [0.5, 0.6) is 17.4 Å². The van der Waals surface area contributed by atoms with Gasteiger partial charge in [-0.2, -0.15) is 0 Å². The largest absolute Gasteiger partial charge is 0.526 e. The first-order chi connectivity index (χ1) is 15.9. The van der Waals surface area contributed by atoms with Crippen LogP contribution < -0.4 is 4.74 Å². The predicted octanol–water partition coefficient (Wildman–Crippen LogP) is 4.68. The van der Waals surface area contributed by atoms with Crippen molar-refractivity contribution in [3.8, 4) is 17.4 Å². The molecule has 0 radical (unpaired) electrons. The molecule has 0 spiro atoms. The standard InChI is InChI=1S/C25H18N3O3.Pt/c1-14-10-16-6-7-22(27-23(16)20(29)11-14)30-17-8-9-26-19(13-17)25-28-24-18-5-3-2-4-15(18)12-21(24)31-25;/h2-11,21,24,29H,12H2,1H3;/q-1;/t21-,24+;/m1./s1/i12D2;. The number of aromatic hydroxyl groups is 1. The van der Waals surface area contributed by atoms with Crippen LogP contribution in [-0.2, 0) is 32.2 Å². The van der Waals surface area contributed by atoms with E-state index in [0.717, 1.165) is 16.5 Å². The molecule has 32 heavy (non-hydrogen) atoms. The number of aliphatic imine (C=N–C) groups is 1. The van der Waals surface area contributed by atoms with Gasteiger partial charge in [0.1, 0.15) is 29.3 Å². The molecule has 1 aliphatic carbocycles. The maximum absolute atomic E-state index is 10.2. The van der Waals surface area contributed by atoms with Crippen molar-refractivity contribution < 1.29 is 38.4 Å². The minimum absolute atomic E-state index is 0. The van der Waals surface area contributed by atoms with E-state index in [1.807, 2.05) is 37.3 Å². The molecule has 162 valence electrons. The summed E-state index contributed by atoms with van der Waals surface area (Å²) in [6, 6.07) is 18.7. The zero-order valence-electron chi connectivity index (χ0n) is 18.8. The van der Waals surface area contributed by atoms with Crippen molar-refractivity contribution in [2.24, 2.45) is 4.99 Å². The number of phenols is 1. The van der Waals surface area contributed by atoms with Crippen molar-refractivity contribution in [2.75, 3.05) is 0 Å². The number of ether oxygens (including phenoxy) is 2. The Morgan fingerprint density at radius 3 is 2.97 bits per heavy atom. The molecule has 2 aliphatic rings. The summed E-state index contributed by atoms with van der Waals surface area (Å²) in [6.45, 7) is 1.91. The first kappa shape index (κ1) is 18.3. The minimum atomic E-state index is -1.66. The molecule has 0 saturated carbocycles. The van der Waals surface area contributed by atoms with Gasteiger partial charge in [-0.3, -0.25) is 4.98 Å². The molecule has 2 atom stereocenters. The summed E-state index contributed by atoms with van der Waals surface area (Å²) in [7, 11) is 0. The van der Waals surface area contributed by atoms with Gasteiger partial charge in [0.15, 0.2) is 0 Å². The summed E-state index contributed by atoms with van der Waals surface area (Å²) >= 11 is 0. The third-order valence-corrected chi connectivity index (χ3v) is 5.34. The van der Waals surface area contributed by atoms with E-state index >= 15 is 0 Å². The van der Waals surface area contributed by atoms with E-state index in [9.17, 15) is 5.11 Å². The van der Waals surface area contributed by atoms with Crippen molar-refractivity contribution in [1.82, 2.24) is 9.97 Å². The van der Waals surface area contributed by atoms with Gasteiger partial charge in [-0.15, -0.1) is 6.07 Å². The van der Waals surface area contributed by atoms with Crippen LogP contribution in [0.25, 0.3) is 10.9 Å². The Labute approximate surface area is 202 Å². The third-order valence-electron chi connectivity index (χ3n) is 5.34. The predicted molar refractivity (Wildman–Crippen MR) is 116 cm³/mol. The Morgan fingerprint density at radius 1 is 1.19 bits per heavy atom. The van der Waals surface area contributed by atoms with Gasteiger partial charge >= 0.3 is 0 Å². The zero-order chi connectivity index (χ0) is 22.7. The number of hydrogen-bond acceptors (Lipinski definition) is 6. The quantitative estimate of drug-likeness (QED) is 0.344. The fourth-order valence-corrected chi connectivity index (χ4v) is 3.96. The van der Waals surface area contributed by atoms with Gasteiger partial charge in [0, 0.05) is 53.1 Å². The molecule has 2 aromatic heterocycles. The molecular formula is C25H18N3O3Pt-. The molecule has 0 amide bonds. The van der Waals surface area contributed by atoms with Crippen LogP contribution in [0.15, 0.2) is 65.8 Å². The second-order valence-electron chi connectivity index (χ2n) is 7.54. The molecule has 7 heteroatoms. The molecule has 3 heterocycles. The summed E-state index contributed by atoms with van der Waals surface area (Å²) in [4.78, 5) is 13.3. The normalized spacial score (nSPS) is 20.8. The van der Waals surface area contributed by atoms with Gasteiger partial charge in [-0.25, -0.2) is 4.98 Å². The van der Waals surface area contributed by atoms with Crippen LogP contribution in [0.3, 0.4) is 0 Å². The summed E-state index contributed by atoms with van der Waals surface area (Å²) in [5.74, 6) is 0.967. The average Bonchev–Trinajstić information content (AvgIpc) is 3.33. The third kappa shape index (κ3) is 3.55. The number of pyridine rings is 2. The number of phenolic OH excluding ortho intramolecular Hbond substituents is 1. The topological polar surface area (TPSA) is 76.8 Å². The fraction of sp³-hybridized carbons (Fsp3) is 0.160. The van der Waals surface area contributed by atoms with Crippen molar-refractivity contribution in [1.29, 1.82) is 0 Å². The number of aromatic nitrogens is 2. The van der Waals surface area contributed by atoms with Gasteiger partial charge in [0.25, 0.3) is 0 Å². The number of fused-ring (bicyclic) bond motifs is 4. The van der Waals surface area contributed by atoms with Gasteiger partial charge in [-0.05, 0) is 48.0 Å². The second kappa shape index (κ2) is 8.03. The fourth-order valence-electron chi connectivity index (χ4n) is 3.96. The maximum atomic E-state index is 10.2. The minimum Gasteiger partial charge on any atom is -0.526 e. The first-order valence-electron chi connectivity index (χ1n) is 10.9. The van der Waals surface area contributed by atoms with E-state index in [4.69, 9.17) is 12.2 Å².